The first-order valence-corrected chi connectivity index (χ1v) is 4.69. The van der Waals surface area contributed by atoms with Gasteiger partial charge in [-0.15, -0.1) is 0 Å². The third-order valence-corrected chi connectivity index (χ3v) is 2.20. The SMILES string of the molecule is CC(C=O)Cc1cccc(C(F)(F)F)c1O. The van der Waals surface area contributed by atoms with Crippen LogP contribution in [0.2, 0.25) is 0 Å². The second-order valence-corrected chi connectivity index (χ2v) is 3.63. The highest BCUT2D eigenvalue weighted by Crippen LogP contribution is 2.37. The zero-order chi connectivity index (χ0) is 12.3. The van der Waals surface area contributed by atoms with E-state index in [2.05, 4.69) is 0 Å². The number of halogens is 3. The van der Waals surface area contributed by atoms with Crippen LogP contribution in [0.5, 0.6) is 5.75 Å². The fourth-order valence-electron chi connectivity index (χ4n) is 1.38. The second kappa shape index (κ2) is 4.55. The van der Waals surface area contributed by atoms with Gasteiger partial charge in [0.25, 0.3) is 0 Å². The summed E-state index contributed by atoms with van der Waals surface area (Å²) in [5.41, 5.74) is -0.933. The number of hydrogen-bond donors (Lipinski definition) is 1. The zero-order valence-corrected chi connectivity index (χ0v) is 8.58. The van der Waals surface area contributed by atoms with Gasteiger partial charge in [-0.25, -0.2) is 0 Å². The Hall–Kier alpha value is -1.52. The van der Waals surface area contributed by atoms with E-state index in [9.17, 15) is 23.1 Å². The predicted molar refractivity (Wildman–Crippen MR) is 52.0 cm³/mol. The lowest BCUT2D eigenvalue weighted by molar-refractivity contribution is -0.138. The van der Waals surface area contributed by atoms with Crippen LogP contribution in [0.4, 0.5) is 13.2 Å². The Labute approximate surface area is 90.7 Å². The number of para-hydroxylation sites is 1. The number of hydrogen-bond acceptors (Lipinski definition) is 2. The van der Waals surface area contributed by atoms with E-state index in [1.807, 2.05) is 0 Å². The summed E-state index contributed by atoms with van der Waals surface area (Å²) in [5.74, 6) is -1.21. The largest absolute Gasteiger partial charge is 0.507 e. The highest BCUT2D eigenvalue weighted by molar-refractivity contribution is 5.54. The molecule has 1 atom stereocenters. The number of alkyl halides is 3. The standard InChI is InChI=1S/C11H11F3O2/c1-7(6-15)5-8-3-2-4-9(10(8)16)11(12,13)14/h2-4,6-7,16H,5H2,1H3. The first-order chi connectivity index (χ1) is 7.36. The number of carbonyl (C=O) groups is 1. The van der Waals surface area contributed by atoms with Crippen molar-refractivity contribution in [1.82, 2.24) is 0 Å². The van der Waals surface area contributed by atoms with Crippen molar-refractivity contribution in [1.29, 1.82) is 0 Å². The van der Waals surface area contributed by atoms with Crippen LogP contribution < -0.4 is 0 Å². The van der Waals surface area contributed by atoms with E-state index in [4.69, 9.17) is 0 Å². The molecule has 0 spiro atoms. The van der Waals surface area contributed by atoms with Crippen LogP contribution in [0.15, 0.2) is 18.2 Å². The summed E-state index contributed by atoms with van der Waals surface area (Å²) in [6, 6.07) is 3.41. The van der Waals surface area contributed by atoms with E-state index in [0.29, 0.717) is 6.29 Å². The summed E-state index contributed by atoms with van der Waals surface area (Å²) >= 11 is 0. The monoisotopic (exact) mass is 232 g/mol. The molecule has 1 aromatic carbocycles. The van der Waals surface area contributed by atoms with E-state index >= 15 is 0 Å². The predicted octanol–water partition coefficient (Wildman–Crippen LogP) is 2.79. The molecule has 1 N–H and O–H groups in total. The summed E-state index contributed by atoms with van der Waals surface area (Å²) in [4.78, 5) is 10.4. The van der Waals surface area contributed by atoms with Crippen molar-refractivity contribution in [3.8, 4) is 5.75 Å². The average molecular weight is 232 g/mol. The molecule has 0 aliphatic heterocycles. The summed E-state index contributed by atoms with van der Waals surface area (Å²) in [7, 11) is 0. The number of phenolic OH excluding ortho intramolecular Hbond substituents is 1. The third kappa shape index (κ3) is 2.74. The molecule has 2 nitrogen and oxygen atoms in total. The summed E-state index contributed by atoms with van der Waals surface area (Å²) in [6.45, 7) is 1.58. The Morgan fingerprint density at radius 2 is 2.06 bits per heavy atom. The van der Waals surface area contributed by atoms with Crippen LogP contribution >= 0.6 is 0 Å². The first-order valence-electron chi connectivity index (χ1n) is 4.69. The lowest BCUT2D eigenvalue weighted by Crippen LogP contribution is -2.08. The minimum atomic E-state index is -4.58. The molecule has 1 aromatic rings. The molecule has 0 aliphatic carbocycles. The van der Waals surface area contributed by atoms with Crippen molar-refractivity contribution in [2.45, 2.75) is 19.5 Å². The van der Waals surface area contributed by atoms with Gasteiger partial charge in [-0.2, -0.15) is 13.2 Å². The number of aromatic hydroxyl groups is 1. The van der Waals surface area contributed by atoms with Crippen molar-refractivity contribution in [2.24, 2.45) is 5.92 Å². The van der Waals surface area contributed by atoms with Crippen LogP contribution in [0.25, 0.3) is 0 Å². The van der Waals surface area contributed by atoms with Crippen LogP contribution in [0.1, 0.15) is 18.1 Å². The van der Waals surface area contributed by atoms with Crippen LogP contribution in [0, 0.1) is 5.92 Å². The molecule has 0 saturated carbocycles. The molecule has 0 amide bonds. The number of phenols is 1. The second-order valence-electron chi connectivity index (χ2n) is 3.63. The number of carbonyl (C=O) groups excluding carboxylic acids is 1. The van der Waals surface area contributed by atoms with E-state index in [-0.39, 0.29) is 12.0 Å². The fourth-order valence-corrected chi connectivity index (χ4v) is 1.38. The van der Waals surface area contributed by atoms with Gasteiger partial charge >= 0.3 is 6.18 Å². The van der Waals surface area contributed by atoms with Crippen molar-refractivity contribution in [3.05, 3.63) is 29.3 Å². The van der Waals surface area contributed by atoms with Gasteiger partial charge in [0.05, 0.1) is 5.56 Å². The molecule has 1 unspecified atom stereocenters. The molecule has 0 radical (unpaired) electrons. The molecule has 88 valence electrons. The van der Waals surface area contributed by atoms with Gasteiger partial charge in [0.15, 0.2) is 0 Å². The zero-order valence-electron chi connectivity index (χ0n) is 8.58. The molecule has 16 heavy (non-hydrogen) atoms. The smallest absolute Gasteiger partial charge is 0.419 e. The molecule has 0 fully saturated rings. The summed E-state index contributed by atoms with van der Waals surface area (Å²) < 4.78 is 37.3. The number of rotatable bonds is 3. The van der Waals surface area contributed by atoms with Crippen molar-refractivity contribution in [2.75, 3.05) is 0 Å². The van der Waals surface area contributed by atoms with Crippen LogP contribution in [-0.4, -0.2) is 11.4 Å². The maximum Gasteiger partial charge on any atom is 0.419 e. The maximum atomic E-state index is 12.4. The van der Waals surface area contributed by atoms with Crippen molar-refractivity contribution >= 4 is 6.29 Å². The van der Waals surface area contributed by atoms with Gasteiger partial charge in [0.1, 0.15) is 12.0 Å². The fraction of sp³-hybridized carbons (Fsp3) is 0.364. The van der Waals surface area contributed by atoms with Crippen molar-refractivity contribution in [3.63, 3.8) is 0 Å². The van der Waals surface area contributed by atoms with Gasteiger partial charge in [0, 0.05) is 5.92 Å². The van der Waals surface area contributed by atoms with E-state index in [0.717, 1.165) is 6.07 Å². The van der Waals surface area contributed by atoms with Crippen LogP contribution in [0.3, 0.4) is 0 Å². The molecule has 0 heterocycles. The molecule has 5 heteroatoms. The Balaban J connectivity index is 3.09. The highest BCUT2D eigenvalue weighted by atomic mass is 19.4. The van der Waals surface area contributed by atoms with Gasteiger partial charge in [-0.05, 0) is 18.1 Å². The van der Waals surface area contributed by atoms with E-state index in [1.165, 1.54) is 12.1 Å². The summed E-state index contributed by atoms with van der Waals surface area (Å²) in [5, 5.41) is 9.43. The molecule has 0 saturated heterocycles. The molecule has 1 rings (SSSR count). The summed E-state index contributed by atoms with van der Waals surface area (Å²) in [6.07, 6.45) is -3.84. The Morgan fingerprint density at radius 3 is 2.56 bits per heavy atom. The average Bonchev–Trinajstić information content (AvgIpc) is 2.19. The Kier molecular flexibility index (Phi) is 3.57. The number of aldehydes is 1. The molecule has 0 aromatic heterocycles. The lowest BCUT2D eigenvalue weighted by Gasteiger charge is -2.13. The van der Waals surface area contributed by atoms with Gasteiger partial charge in [-0.3, -0.25) is 0 Å². The molecular weight excluding hydrogens is 221 g/mol. The molecule has 0 bridgehead atoms. The third-order valence-electron chi connectivity index (χ3n) is 2.20. The van der Waals surface area contributed by atoms with Gasteiger partial charge in [0.2, 0.25) is 0 Å². The van der Waals surface area contributed by atoms with E-state index in [1.54, 1.807) is 6.92 Å². The Bertz CT molecular complexity index is 385. The molecular formula is C11H11F3O2. The van der Waals surface area contributed by atoms with Gasteiger partial charge < -0.3 is 9.90 Å². The van der Waals surface area contributed by atoms with Crippen molar-refractivity contribution < 1.29 is 23.1 Å². The lowest BCUT2D eigenvalue weighted by atomic mass is 9.99. The highest BCUT2D eigenvalue weighted by Gasteiger charge is 2.34. The Morgan fingerprint density at radius 1 is 1.44 bits per heavy atom. The van der Waals surface area contributed by atoms with Gasteiger partial charge in [-0.1, -0.05) is 19.1 Å². The first kappa shape index (κ1) is 12.5. The molecule has 0 aliphatic rings. The van der Waals surface area contributed by atoms with Crippen LogP contribution in [-0.2, 0) is 17.4 Å². The minimum Gasteiger partial charge on any atom is -0.507 e. The van der Waals surface area contributed by atoms with E-state index < -0.39 is 23.4 Å². The minimum absolute atomic E-state index is 0.0965. The quantitative estimate of drug-likeness (QED) is 0.813. The maximum absolute atomic E-state index is 12.4. The topological polar surface area (TPSA) is 37.3 Å². The number of benzene rings is 1. The normalized spacial score (nSPS) is 13.5.